The van der Waals surface area contributed by atoms with Crippen molar-refractivity contribution in [3.63, 3.8) is 0 Å². The molecule has 9 heteroatoms. The number of unbranched alkanes of at least 4 members (excludes halogenated alkanes) is 1. The average Bonchev–Trinajstić information content (AvgIpc) is 2.77. The molecule has 2 aromatic carbocycles. The first-order valence-corrected chi connectivity index (χ1v) is 11.4. The van der Waals surface area contributed by atoms with Gasteiger partial charge in [0.15, 0.2) is 11.5 Å². The van der Waals surface area contributed by atoms with Crippen LogP contribution >= 0.6 is 23.2 Å². The fraction of sp³-hybridized carbons (Fsp3) is 0.375. The molecule has 0 aromatic heterocycles. The predicted molar refractivity (Wildman–Crippen MR) is 132 cm³/mol. The van der Waals surface area contributed by atoms with Crippen LogP contribution in [0, 0.1) is 5.92 Å². The van der Waals surface area contributed by atoms with Crippen molar-refractivity contribution < 1.29 is 19.1 Å². The van der Waals surface area contributed by atoms with E-state index in [0.717, 1.165) is 12.8 Å². The molecule has 0 heterocycles. The van der Waals surface area contributed by atoms with Gasteiger partial charge in [-0.1, -0.05) is 50.4 Å². The summed E-state index contributed by atoms with van der Waals surface area (Å²) in [5, 5.41) is 7.34. The Balaban J connectivity index is 2.03. The largest absolute Gasteiger partial charge is 0.493 e. The van der Waals surface area contributed by atoms with Gasteiger partial charge in [0.25, 0.3) is 11.8 Å². The predicted octanol–water partition coefficient (Wildman–Crippen LogP) is 5.09. The highest BCUT2D eigenvalue weighted by Crippen LogP contribution is 2.27. The molecular weight excluding hydrogens is 465 g/mol. The van der Waals surface area contributed by atoms with Crippen molar-refractivity contribution in [3.8, 4) is 11.5 Å². The summed E-state index contributed by atoms with van der Waals surface area (Å²) in [5.41, 5.74) is 3.43. The minimum Gasteiger partial charge on any atom is -0.493 e. The molecule has 2 N–H and O–H groups in total. The number of ether oxygens (including phenoxy) is 2. The summed E-state index contributed by atoms with van der Waals surface area (Å²) in [6, 6.07) is 9.10. The molecule has 0 spiro atoms. The Hall–Kier alpha value is -2.77. The fourth-order valence-electron chi connectivity index (χ4n) is 2.88. The molecule has 1 atom stereocenters. The Morgan fingerprint density at radius 3 is 2.52 bits per heavy atom. The highest BCUT2D eigenvalue weighted by Gasteiger charge is 2.25. The van der Waals surface area contributed by atoms with E-state index in [2.05, 4.69) is 22.8 Å². The minimum atomic E-state index is -0.815. The number of hydrogen-bond donors (Lipinski definition) is 2. The van der Waals surface area contributed by atoms with Gasteiger partial charge in [0.1, 0.15) is 6.04 Å². The molecule has 0 saturated carbocycles. The van der Waals surface area contributed by atoms with Crippen molar-refractivity contribution in [1.82, 2.24) is 10.7 Å². The Bertz CT molecular complexity index is 996. The molecule has 2 aromatic rings. The number of halogens is 2. The van der Waals surface area contributed by atoms with Crippen LogP contribution in [0.25, 0.3) is 0 Å². The maximum atomic E-state index is 12.7. The van der Waals surface area contributed by atoms with Crippen molar-refractivity contribution in [1.29, 1.82) is 0 Å². The second-order valence-corrected chi connectivity index (χ2v) is 8.51. The Morgan fingerprint density at radius 2 is 1.88 bits per heavy atom. The van der Waals surface area contributed by atoms with Gasteiger partial charge in [-0.05, 0) is 54.3 Å². The monoisotopic (exact) mass is 493 g/mol. The lowest BCUT2D eigenvalue weighted by Gasteiger charge is -2.20. The highest BCUT2D eigenvalue weighted by atomic mass is 35.5. The molecular formula is C24H29Cl2N3O4. The number of nitrogens with one attached hydrogen (secondary N) is 2. The number of hydrazone groups is 1. The lowest BCUT2D eigenvalue weighted by molar-refractivity contribution is -0.123. The molecule has 178 valence electrons. The third kappa shape index (κ3) is 7.94. The van der Waals surface area contributed by atoms with Gasteiger partial charge in [0, 0.05) is 5.02 Å². The molecule has 0 aliphatic rings. The Labute approximate surface area is 204 Å². The van der Waals surface area contributed by atoms with Crippen LogP contribution in [0.1, 0.15) is 49.5 Å². The van der Waals surface area contributed by atoms with Gasteiger partial charge in [0.05, 0.1) is 30.5 Å². The quantitative estimate of drug-likeness (QED) is 0.259. The lowest BCUT2D eigenvalue weighted by atomic mass is 10.0. The number of benzene rings is 2. The molecule has 33 heavy (non-hydrogen) atoms. The minimum absolute atomic E-state index is 0.185. The topological polar surface area (TPSA) is 89.0 Å². The number of nitrogens with zero attached hydrogens (tertiary/aromatic N) is 1. The second kappa shape index (κ2) is 13.1. The van der Waals surface area contributed by atoms with Crippen LogP contribution in [0.4, 0.5) is 0 Å². The van der Waals surface area contributed by atoms with Crippen molar-refractivity contribution in [2.75, 3.05) is 13.7 Å². The highest BCUT2D eigenvalue weighted by molar-refractivity contribution is 6.36. The first-order valence-electron chi connectivity index (χ1n) is 10.7. The van der Waals surface area contributed by atoms with Crippen molar-refractivity contribution >= 4 is 41.2 Å². The molecule has 2 amide bonds. The molecule has 1 unspecified atom stereocenters. The number of amides is 2. The molecule has 0 bridgehead atoms. The average molecular weight is 494 g/mol. The van der Waals surface area contributed by atoms with Gasteiger partial charge in [-0.25, -0.2) is 5.43 Å². The van der Waals surface area contributed by atoms with Crippen molar-refractivity contribution in [3.05, 3.63) is 57.6 Å². The van der Waals surface area contributed by atoms with Crippen LogP contribution in [0.2, 0.25) is 10.0 Å². The fourth-order valence-corrected chi connectivity index (χ4v) is 3.37. The standard InChI is InChI=1S/C24H29Cl2N3O4/c1-5-6-11-33-20-10-7-16(12-21(20)32-4)14-27-29-24(31)22(15(2)3)28-23(30)18-9-8-17(25)13-19(18)26/h7-10,12-15,22H,5-6,11H2,1-4H3,(H,28,30)(H,29,31)/b27-14-. The van der Waals surface area contributed by atoms with E-state index in [-0.39, 0.29) is 16.5 Å². The first-order chi connectivity index (χ1) is 15.8. The van der Waals surface area contributed by atoms with E-state index < -0.39 is 17.9 Å². The smallest absolute Gasteiger partial charge is 0.262 e. The number of carbonyl (C=O) groups excluding carboxylic acids is 2. The molecule has 2 rings (SSSR count). The Kier molecular flexibility index (Phi) is 10.5. The van der Waals surface area contributed by atoms with E-state index in [1.807, 2.05) is 19.9 Å². The summed E-state index contributed by atoms with van der Waals surface area (Å²) in [4.78, 5) is 25.3. The number of hydrogen-bond acceptors (Lipinski definition) is 5. The lowest BCUT2D eigenvalue weighted by Crippen LogP contribution is -2.48. The van der Waals surface area contributed by atoms with Crippen molar-refractivity contribution in [2.45, 2.75) is 39.7 Å². The zero-order valence-electron chi connectivity index (χ0n) is 19.2. The van der Waals surface area contributed by atoms with Crippen LogP contribution < -0.4 is 20.2 Å². The number of methoxy groups -OCH3 is 1. The summed E-state index contributed by atoms with van der Waals surface area (Å²) in [7, 11) is 1.56. The summed E-state index contributed by atoms with van der Waals surface area (Å²) in [6.45, 7) is 6.34. The third-order valence-electron chi connectivity index (χ3n) is 4.74. The maximum absolute atomic E-state index is 12.7. The molecule has 0 saturated heterocycles. The van der Waals surface area contributed by atoms with Crippen LogP contribution in [0.5, 0.6) is 11.5 Å². The second-order valence-electron chi connectivity index (χ2n) is 7.67. The van der Waals surface area contributed by atoms with Crippen LogP contribution in [-0.2, 0) is 4.79 Å². The number of carbonyl (C=O) groups is 2. The van der Waals surface area contributed by atoms with Gasteiger partial charge in [-0.15, -0.1) is 0 Å². The van der Waals surface area contributed by atoms with Crippen LogP contribution in [0.3, 0.4) is 0 Å². The van der Waals surface area contributed by atoms with Gasteiger partial charge in [0.2, 0.25) is 0 Å². The molecule has 7 nitrogen and oxygen atoms in total. The molecule has 0 aliphatic carbocycles. The van der Waals surface area contributed by atoms with Gasteiger partial charge >= 0.3 is 0 Å². The zero-order chi connectivity index (χ0) is 24.4. The third-order valence-corrected chi connectivity index (χ3v) is 5.29. The molecule has 0 aliphatic heterocycles. The molecule has 0 fully saturated rings. The van der Waals surface area contributed by atoms with E-state index in [1.54, 1.807) is 25.3 Å². The van der Waals surface area contributed by atoms with Crippen molar-refractivity contribution in [2.24, 2.45) is 11.0 Å². The summed E-state index contributed by atoms with van der Waals surface area (Å²) < 4.78 is 11.1. The van der Waals surface area contributed by atoms with E-state index in [9.17, 15) is 9.59 Å². The van der Waals surface area contributed by atoms with Crippen LogP contribution in [0.15, 0.2) is 41.5 Å². The van der Waals surface area contributed by atoms with E-state index in [4.69, 9.17) is 32.7 Å². The van der Waals surface area contributed by atoms with Gasteiger partial charge in [-0.3, -0.25) is 9.59 Å². The zero-order valence-corrected chi connectivity index (χ0v) is 20.7. The van der Waals surface area contributed by atoms with E-state index in [1.165, 1.54) is 18.3 Å². The summed E-state index contributed by atoms with van der Waals surface area (Å²) >= 11 is 12.0. The summed E-state index contributed by atoms with van der Waals surface area (Å²) in [6.07, 6.45) is 3.49. The van der Waals surface area contributed by atoms with Gasteiger partial charge in [-0.2, -0.15) is 5.10 Å². The molecule has 0 radical (unpaired) electrons. The van der Waals surface area contributed by atoms with Gasteiger partial charge < -0.3 is 14.8 Å². The van der Waals surface area contributed by atoms with Crippen LogP contribution in [-0.4, -0.2) is 37.8 Å². The van der Waals surface area contributed by atoms with E-state index >= 15 is 0 Å². The number of rotatable bonds is 11. The Morgan fingerprint density at radius 1 is 1.12 bits per heavy atom. The summed E-state index contributed by atoms with van der Waals surface area (Å²) in [5.74, 6) is 0.114. The maximum Gasteiger partial charge on any atom is 0.262 e. The first kappa shape index (κ1) is 26.5. The SMILES string of the molecule is CCCCOc1ccc(/C=N\NC(=O)C(NC(=O)c2ccc(Cl)cc2Cl)C(C)C)cc1OC. The normalized spacial score (nSPS) is 12.0. The van der Waals surface area contributed by atoms with E-state index in [0.29, 0.717) is 28.7 Å².